The summed E-state index contributed by atoms with van der Waals surface area (Å²) in [5, 5.41) is 0. The van der Waals surface area contributed by atoms with Crippen molar-refractivity contribution in [3.05, 3.63) is 24.3 Å². The third-order valence-electron chi connectivity index (χ3n) is 3.63. The Balaban J connectivity index is 1.76. The quantitative estimate of drug-likeness (QED) is 0.830. The van der Waals surface area contributed by atoms with Crippen LogP contribution in [0.4, 0.5) is 0 Å². The maximum atomic E-state index is 12.0. The number of ether oxygens (including phenoxy) is 2. The average molecular weight is 292 g/mol. The summed E-state index contributed by atoms with van der Waals surface area (Å²) in [6.45, 7) is 5.03. The van der Waals surface area contributed by atoms with Gasteiger partial charge in [0, 0.05) is 13.1 Å². The Morgan fingerprint density at radius 1 is 1.29 bits per heavy atom. The summed E-state index contributed by atoms with van der Waals surface area (Å²) in [7, 11) is 0. The van der Waals surface area contributed by atoms with E-state index < -0.39 is 0 Å². The molecule has 2 N–H and O–H groups in total. The molecule has 1 aliphatic heterocycles. The van der Waals surface area contributed by atoms with E-state index in [1.54, 1.807) is 0 Å². The Bertz CT molecular complexity index is 447. The lowest BCUT2D eigenvalue weighted by molar-refractivity contribution is -0.132. The molecule has 1 atom stereocenters. The van der Waals surface area contributed by atoms with E-state index in [1.165, 1.54) is 0 Å². The maximum Gasteiger partial charge on any atom is 0.260 e. The van der Waals surface area contributed by atoms with Gasteiger partial charge in [-0.1, -0.05) is 6.92 Å². The standard InChI is InChI=1S/C16H24N2O3/c1-2-9-20-14-3-5-15(6-4-14)21-12-16(19)18-8-7-13(10-17)11-18/h3-6,13H,2,7-12,17H2,1H3. The third-order valence-corrected chi connectivity index (χ3v) is 3.63. The lowest BCUT2D eigenvalue weighted by atomic mass is 10.1. The van der Waals surface area contributed by atoms with Crippen LogP contribution in [0, 0.1) is 5.92 Å². The van der Waals surface area contributed by atoms with Crippen molar-refractivity contribution < 1.29 is 14.3 Å². The van der Waals surface area contributed by atoms with E-state index >= 15 is 0 Å². The number of hydrogen-bond donors (Lipinski definition) is 1. The molecule has 5 heteroatoms. The molecule has 0 bridgehead atoms. The lowest BCUT2D eigenvalue weighted by Gasteiger charge is -2.16. The van der Waals surface area contributed by atoms with Crippen molar-refractivity contribution in [3.63, 3.8) is 0 Å². The summed E-state index contributed by atoms with van der Waals surface area (Å²) in [6.07, 6.45) is 1.97. The Kier molecular flexibility index (Phi) is 5.87. The molecule has 0 radical (unpaired) electrons. The summed E-state index contributed by atoms with van der Waals surface area (Å²) < 4.78 is 11.0. The first-order valence-corrected chi connectivity index (χ1v) is 7.56. The van der Waals surface area contributed by atoms with Gasteiger partial charge in [0.2, 0.25) is 0 Å². The SMILES string of the molecule is CCCOc1ccc(OCC(=O)N2CCC(CN)C2)cc1. The van der Waals surface area contributed by atoms with Gasteiger partial charge in [-0.3, -0.25) is 4.79 Å². The zero-order valence-corrected chi connectivity index (χ0v) is 12.6. The van der Waals surface area contributed by atoms with Crippen molar-refractivity contribution in [2.24, 2.45) is 11.7 Å². The molecule has 1 unspecified atom stereocenters. The molecule has 5 nitrogen and oxygen atoms in total. The van der Waals surface area contributed by atoms with E-state index in [4.69, 9.17) is 15.2 Å². The normalized spacial score (nSPS) is 17.8. The van der Waals surface area contributed by atoms with Gasteiger partial charge in [0.1, 0.15) is 11.5 Å². The van der Waals surface area contributed by atoms with E-state index in [0.29, 0.717) is 24.8 Å². The molecule has 1 saturated heterocycles. The van der Waals surface area contributed by atoms with Gasteiger partial charge in [0.25, 0.3) is 5.91 Å². The van der Waals surface area contributed by atoms with Crippen molar-refractivity contribution in [2.75, 3.05) is 32.8 Å². The molecule has 0 aliphatic carbocycles. The van der Waals surface area contributed by atoms with Gasteiger partial charge in [-0.2, -0.15) is 0 Å². The molecule has 1 aromatic rings. The highest BCUT2D eigenvalue weighted by Gasteiger charge is 2.25. The van der Waals surface area contributed by atoms with Gasteiger partial charge in [-0.25, -0.2) is 0 Å². The number of benzene rings is 1. The van der Waals surface area contributed by atoms with E-state index in [-0.39, 0.29) is 12.5 Å². The second kappa shape index (κ2) is 7.88. The van der Waals surface area contributed by atoms with Crippen LogP contribution in [-0.2, 0) is 4.79 Å². The van der Waals surface area contributed by atoms with Gasteiger partial charge < -0.3 is 20.1 Å². The minimum atomic E-state index is 0.0252. The number of rotatable bonds is 7. The molecule has 1 aromatic carbocycles. The Hall–Kier alpha value is -1.75. The summed E-state index contributed by atoms with van der Waals surface area (Å²) in [4.78, 5) is 13.9. The topological polar surface area (TPSA) is 64.8 Å². The predicted molar refractivity (Wildman–Crippen MR) is 81.5 cm³/mol. The highest BCUT2D eigenvalue weighted by Crippen LogP contribution is 2.19. The minimum absolute atomic E-state index is 0.0252. The zero-order valence-electron chi connectivity index (χ0n) is 12.6. The first-order chi connectivity index (χ1) is 10.2. The number of nitrogens with zero attached hydrogens (tertiary/aromatic N) is 1. The van der Waals surface area contributed by atoms with Gasteiger partial charge in [-0.15, -0.1) is 0 Å². The van der Waals surface area contributed by atoms with E-state index in [1.807, 2.05) is 29.2 Å². The highest BCUT2D eigenvalue weighted by atomic mass is 16.5. The third kappa shape index (κ3) is 4.63. The fraction of sp³-hybridized carbons (Fsp3) is 0.562. The van der Waals surface area contributed by atoms with Crippen LogP contribution >= 0.6 is 0 Å². The van der Waals surface area contributed by atoms with Gasteiger partial charge in [-0.05, 0) is 49.6 Å². The van der Waals surface area contributed by atoms with E-state index in [9.17, 15) is 4.79 Å². The molecule has 1 aliphatic rings. The number of carbonyl (C=O) groups excluding carboxylic acids is 1. The van der Waals surface area contributed by atoms with Crippen molar-refractivity contribution >= 4 is 5.91 Å². The summed E-state index contributed by atoms with van der Waals surface area (Å²) in [6, 6.07) is 7.36. The van der Waals surface area contributed by atoms with Crippen molar-refractivity contribution in [2.45, 2.75) is 19.8 Å². The second-order valence-corrected chi connectivity index (χ2v) is 5.34. The molecule has 0 aromatic heterocycles. The predicted octanol–water partition coefficient (Wildman–Crippen LogP) is 1.66. The molecule has 2 rings (SSSR count). The fourth-order valence-corrected chi connectivity index (χ4v) is 2.34. The van der Waals surface area contributed by atoms with E-state index in [2.05, 4.69) is 6.92 Å². The fourth-order valence-electron chi connectivity index (χ4n) is 2.34. The van der Waals surface area contributed by atoms with Crippen LogP contribution < -0.4 is 15.2 Å². The van der Waals surface area contributed by atoms with E-state index in [0.717, 1.165) is 31.7 Å². The van der Waals surface area contributed by atoms with Crippen molar-refractivity contribution in [1.82, 2.24) is 4.90 Å². The molecule has 0 spiro atoms. The average Bonchev–Trinajstić information content (AvgIpc) is 3.00. The molecule has 21 heavy (non-hydrogen) atoms. The Labute approximate surface area is 126 Å². The van der Waals surface area contributed by atoms with Gasteiger partial charge >= 0.3 is 0 Å². The van der Waals surface area contributed by atoms with Crippen LogP contribution in [0.15, 0.2) is 24.3 Å². The number of amides is 1. The number of nitrogens with two attached hydrogens (primary N) is 1. The molecule has 1 heterocycles. The van der Waals surface area contributed by atoms with Crippen LogP contribution in [0.5, 0.6) is 11.5 Å². The molecular formula is C16H24N2O3. The monoisotopic (exact) mass is 292 g/mol. The van der Waals surface area contributed by atoms with Crippen molar-refractivity contribution in [1.29, 1.82) is 0 Å². The first-order valence-electron chi connectivity index (χ1n) is 7.56. The number of carbonyl (C=O) groups is 1. The van der Waals surface area contributed by atoms with Gasteiger partial charge in [0.15, 0.2) is 6.61 Å². The number of likely N-dealkylation sites (tertiary alicyclic amines) is 1. The van der Waals surface area contributed by atoms with Crippen LogP contribution in [0.3, 0.4) is 0 Å². The molecule has 0 saturated carbocycles. The molecule has 1 amide bonds. The Morgan fingerprint density at radius 3 is 2.52 bits per heavy atom. The largest absolute Gasteiger partial charge is 0.494 e. The van der Waals surface area contributed by atoms with Crippen molar-refractivity contribution in [3.8, 4) is 11.5 Å². The van der Waals surface area contributed by atoms with Crippen LogP contribution in [0.1, 0.15) is 19.8 Å². The number of hydrogen-bond acceptors (Lipinski definition) is 4. The minimum Gasteiger partial charge on any atom is -0.494 e. The summed E-state index contributed by atoms with van der Waals surface area (Å²) >= 11 is 0. The maximum absolute atomic E-state index is 12.0. The highest BCUT2D eigenvalue weighted by molar-refractivity contribution is 5.78. The first kappa shape index (κ1) is 15.6. The zero-order chi connectivity index (χ0) is 15.1. The molecular weight excluding hydrogens is 268 g/mol. The van der Waals surface area contributed by atoms with Gasteiger partial charge in [0.05, 0.1) is 6.61 Å². The second-order valence-electron chi connectivity index (χ2n) is 5.34. The summed E-state index contributed by atoms with van der Waals surface area (Å²) in [5.41, 5.74) is 5.63. The molecule has 116 valence electrons. The van der Waals surface area contributed by atoms with Crippen LogP contribution in [-0.4, -0.2) is 43.7 Å². The summed E-state index contributed by atoms with van der Waals surface area (Å²) in [5.74, 6) is 1.96. The van der Waals surface area contributed by atoms with Crippen LogP contribution in [0.25, 0.3) is 0 Å². The Morgan fingerprint density at radius 2 is 1.95 bits per heavy atom. The van der Waals surface area contributed by atoms with Crippen LogP contribution in [0.2, 0.25) is 0 Å². The molecule has 1 fully saturated rings. The lowest BCUT2D eigenvalue weighted by Crippen LogP contribution is -2.33. The smallest absolute Gasteiger partial charge is 0.260 e.